The zero-order valence-electron chi connectivity index (χ0n) is 14.6. The lowest BCUT2D eigenvalue weighted by atomic mass is 9.73. The summed E-state index contributed by atoms with van der Waals surface area (Å²) in [6, 6.07) is 6.48. The smallest absolute Gasteiger partial charge is 0.253 e. The van der Waals surface area contributed by atoms with E-state index in [1.165, 1.54) is 12.8 Å². The Kier molecular flexibility index (Phi) is 4.18. The number of amides is 2. The van der Waals surface area contributed by atoms with Crippen LogP contribution < -0.4 is 0 Å². The third-order valence-electron chi connectivity index (χ3n) is 5.99. The van der Waals surface area contributed by atoms with Gasteiger partial charge in [0.25, 0.3) is 5.91 Å². The molecule has 0 radical (unpaired) electrons. The Hall–Kier alpha value is -2.04. The normalized spacial score (nSPS) is 27.0. The Balaban J connectivity index is 1.46. The molecule has 0 bridgehead atoms. The third-order valence-corrected chi connectivity index (χ3v) is 5.99. The summed E-state index contributed by atoms with van der Waals surface area (Å²) in [4.78, 5) is 29.1. The van der Waals surface area contributed by atoms with Gasteiger partial charge in [-0.2, -0.15) is 0 Å². The Labute approximate surface area is 148 Å². The number of phenolic OH excluding ortho intramolecular Hbond substituents is 1. The van der Waals surface area contributed by atoms with E-state index in [1.807, 2.05) is 4.90 Å². The molecule has 1 aliphatic carbocycles. The van der Waals surface area contributed by atoms with Gasteiger partial charge in [-0.1, -0.05) is 0 Å². The number of aromatic hydroxyl groups is 1. The first-order valence-electron chi connectivity index (χ1n) is 9.41. The number of piperidine rings is 2. The number of likely N-dealkylation sites (tertiary alicyclic amines) is 2. The van der Waals surface area contributed by atoms with Gasteiger partial charge in [0.15, 0.2) is 0 Å². The van der Waals surface area contributed by atoms with Gasteiger partial charge in [0.05, 0.1) is 0 Å². The van der Waals surface area contributed by atoms with E-state index in [4.69, 9.17) is 0 Å². The zero-order valence-corrected chi connectivity index (χ0v) is 14.6. The molecule has 1 spiro atoms. The lowest BCUT2D eigenvalue weighted by Crippen LogP contribution is -2.55. The molecule has 134 valence electrons. The van der Waals surface area contributed by atoms with Crippen LogP contribution in [-0.2, 0) is 4.79 Å². The van der Waals surface area contributed by atoms with E-state index in [2.05, 4.69) is 4.90 Å². The first kappa shape index (κ1) is 16.4. The van der Waals surface area contributed by atoms with Gasteiger partial charge in [-0.25, -0.2) is 0 Å². The molecule has 1 atom stereocenters. The molecule has 25 heavy (non-hydrogen) atoms. The summed E-state index contributed by atoms with van der Waals surface area (Å²) in [6.45, 7) is 3.23. The molecule has 5 nitrogen and oxygen atoms in total. The molecule has 1 aromatic carbocycles. The van der Waals surface area contributed by atoms with Crippen molar-refractivity contribution in [2.75, 3.05) is 26.2 Å². The Morgan fingerprint density at radius 1 is 1.16 bits per heavy atom. The number of hydrogen-bond acceptors (Lipinski definition) is 3. The molecule has 1 N–H and O–H groups in total. The molecular formula is C20H26N2O3. The van der Waals surface area contributed by atoms with Crippen molar-refractivity contribution >= 4 is 11.8 Å². The molecule has 0 aromatic heterocycles. The maximum absolute atomic E-state index is 12.8. The van der Waals surface area contributed by atoms with Gasteiger partial charge >= 0.3 is 0 Å². The first-order chi connectivity index (χ1) is 12.0. The molecule has 2 heterocycles. The van der Waals surface area contributed by atoms with Gasteiger partial charge in [-0.3, -0.25) is 9.59 Å². The monoisotopic (exact) mass is 342 g/mol. The van der Waals surface area contributed by atoms with Crippen LogP contribution in [0.3, 0.4) is 0 Å². The molecule has 4 rings (SSSR count). The molecule has 3 aliphatic rings. The van der Waals surface area contributed by atoms with Gasteiger partial charge in [-0.05, 0) is 62.3 Å². The number of carbonyl (C=O) groups is 2. The van der Waals surface area contributed by atoms with E-state index in [1.54, 1.807) is 24.3 Å². The summed E-state index contributed by atoms with van der Waals surface area (Å²) < 4.78 is 0. The summed E-state index contributed by atoms with van der Waals surface area (Å²) in [7, 11) is 0. The van der Waals surface area contributed by atoms with Gasteiger partial charge in [0.2, 0.25) is 5.91 Å². The van der Waals surface area contributed by atoms with Gasteiger partial charge in [-0.15, -0.1) is 0 Å². The molecule has 1 aromatic rings. The minimum atomic E-state index is 0.0321. The largest absolute Gasteiger partial charge is 0.508 e. The molecule has 1 saturated carbocycles. The first-order valence-corrected chi connectivity index (χ1v) is 9.41. The fourth-order valence-electron chi connectivity index (χ4n) is 4.38. The van der Waals surface area contributed by atoms with Crippen molar-refractivity contribution in [2.45, 2.75) is 38.5 Å². The van der Waals surface area contributed by atoms with Crippen LogP contribution in [0.25, 0.3) is 0 Å². The van der Waals surface area contributed by atoms with Crippen molar-refractivity contribution in [3.8, 4) is 5.75 Å². The second-order valence-electron chi connectivity index (χ2n) is 8.09. The average Bonchev–Trinajstić information content (AvgIpc) is 3.43. The van der Waals surface area contributed by atoms with Gasteiger partial charge < -0.3 is 14.9 Å². The summed E-state index contributed by atoms with van der Waals surface area (Å²) in [5.74, 6) is 1.20. The zero-order chi connectivity index (χ0) is 17.4. The number of phenols is 1. The summed E-state index contributed by atoms with van der Waals surface area (Å²) in [5.41, 5.74) is 0.685. The van der Waals surface area contributed by atoms with Crippen molar-refractivity contribution < 1.29 is 14.7 Å². The summed E-state index contributed by atoms with van der Waals surface area (Å²) in [5, 5.41) is 9.42. The highest BCUT2D eigenvalue weighted by Gasteiger charge is 2.43. The van der Waals surface area contributed by atoms with E-state index in [-0.39, 0.29) is 17.1 Å². The van der Waals surface area contributed by atoms with Crippen LogP contribution in [0.1, 0.15) is 48.9 Å². The van der Waals surface area contributed by atoms with Crippen LogP contribution in [0.4, 0.5) is 0 Å². The van der Waals surface area contributed by atoms with Crippen LogP contribution in [0.15, 0.2) is 24.3 Å². The minimum absolute atomic E-state index is 0.0321. The second-order valence-corrected chi connectivity index (χ2v) is 8.09. The van der Waals surface area contributed by atoms with Gasteiger partial charge in [0.1, 0.15) is 5.75 Å². The number of carbonyl (C=O) groups excluding carboxylic acids is 2. The molecule has 2 saturated heterocycles. The SMILES string of the molecule is O=C1CCC2(CCCN(C(=O)c3ccc(O)cc3)C2)CN1CC1CC1. The Bertz CT molecular complexity index is 668. The second kappa shape index (κ2) is 6.36. The molecule has 3 fully saturated rings. The topological polar surface area (TPSA) is 60.9 Å². The minimum Gasteiger partial charge on any atom is -0.508 e. The Morgan fingerprint density at radius 2 is 1.92 bits per heavy atom. The third kappa shape index (κ3) is 3.51. The standard InChI is InChI=1S/C20H26N2O3/c23-17-6-4-16(5-7-17)19(25)21-11-1-9-20(13-21)10-8-18(24)22(14-20)12-15-2-3-15/h4-7,15,23H,1-3,8-14H2. The van der Waals surface area contributed by atoms with Crippen molar-refractivity contribution in [1.82, 2.24) is 9.80 Å². The quantitative estimate of drug-likeness (QED) is 0.919. The fraction of sp³-hybridized carbons (Fsp3) is 0.600. The Morgan fingerprint density at radius 3 is 2.64 bits per heavy atom. The van der Waals surface area contributed by atoms with Crippen LogP contribution >= 0.6 is 0 Å². The van der Waals surface area contributed by atoms with Crippen molar-refractivity contribution in [1.29, 1.82) is 0 Å². The predicted molar refractivity (Wildman–Crippen MR) is 94.2 cm³/mol. The van der Waals surface area contributed by atoms with E-state index < -0.39 is 0 Å². The number of hydrogen-bond donors (Lipinski definition) is 1. The number of benzene rings is 1. The van der Waals surface area contributed by atoms with Crippen LogP contribution in [0, 0.1) is 11.3 Å². The summed E-state index contributed by atoms with van der Waals surface area (Å²) in [6.07, 6.45) is 6.11. The fourth-order valence-corrected chi connectivity index (χ4v) is 4.38. The van der Waals surface area contributed by atoms with Crippen molar-refractivity contribution in [3.63, 3.8) is 0 Å². The van der Waals surface area contributed by atoms with E-state index in [0.717, 1.165) is 45.4 Å². The molecule has 1 unspecified atom stereocenters. The van der Waals surface area contributed by atoms with Crippen molar-refractivity contribution in [2.24, 2.45) is 11.3 Å². The van der Waals surface area contributed by atoms with Gasteiger partial charge in [0, 0.05) is 43.6 Å². The molecular weight excluding hydrogens is 316 g/mol. The van der Waals surface area contributed by atoms with E-state index >= 15 is 0 Å². The molecule has 2 amide bonds. The molecule has 2 aliphatic heterocycles. The van der Waals surface area contributed by atoms with E-state index in [9.17, 15) is 14.7 Å². The molecule has 5 heteroatoms. The van der Waals surface area contributed by atoms with Crippen LogP contribution in [0.2, 0.25) is 0 Å². The highest BCUT2D eigenvalue weighted by Crippen LogP contribution is 2.41. The maximum Gasteiger partial charge on any atom is 0.253 e. The number of rotatable bonds is 3. The lowest BCUT2D eigenvalue weighted by molar-refractivity contribution is -0.139. The maximum atomic E-state index is 12.8. The van der Waals surface area contributed by atoms with Crippen molar-refractivity contribution in [3.05, 3.63) is 29.8 Å². The highest BCUT2D eigenvalue weighted by atomic mass is 16.3. The van der Waals surface area contributed by atoms with Crippen LogP contribution in [-0.4, -0.2) is 52.9 Å². The highest BCUT2D eigenvalue weighted by molar-refractivity contribution is 5.94. The van der Waals surface area contributed by atoms with Crippen LogP contribution in [0.5, 0.6) is 5.75 Å². The predicted octanol–water partition coefficient (Wildman–Crippen LogP) is 2.65. The number of nitrogens with zero attached hydrogens (tertiary/aromatic N) is 2. The summed E-state index contributed by atoms with van der Waals surface area (Å²) >= 11 is 0. The van der Waals surface area contributed by atoms with E-state index in [0.29, 0.717) is 23.8 Å². The lowest BCUT2D eigenvalue weighted by Gasteiger charge is -2.48. The average molecular weight is 342 g/mol.